The first-order valence-corrected chi connectivity index (χ1v) is 9.77. The molecule has 1 N–H and O–H groups in total. The van der Waals surface area contributed by atoms with Crippen LogP contribution >= 0.6 is 0 Å². The van der Waals surface area contributed by atoms with Gasteiger partial charge < -0.3 is 14.8 Å². The second-order valence-electron chi connectivity index (χ2n) is 7.67. The van der Waals surface area contributed by atoms with Crippen molar-refractivity contribution in [3.05, 3.63) is 60.3 Å². The molecule has 4 rings (SSSR count). The average Bonchev–Trinajstić information content (AvgIpc) is 3.05. The number of Topliss-reactive ketones (excluding diaryl/α,β-unsaturated/α-hetero) is 1. The molecule has 0 aliphatic carbocycles. The molecule has 1 amide bonds. The number of hydrogen-bond acceptors (Lipinski definition) is 3. The molecular weight excluding hydrogens is 350 g/mol. The number of aryl methyl sites for hydroxylation is 1. The monoisotopic (exact) mass is 375 g/mol. The Morgan fingerprint density at radius 2 is 1.68 bits per heavy atom. The molecule has 0 unspecified atom stereocenters. The van der Waals surface area contributed by atoms with Gasteiger partial charge in [0.25, 0.3) is 11.7 Å². The van der Waals surface area contributed by atoms with Crippen LogP contribution in [0, 0.1) is 5.92 Å². The van der Waals surface area contributed by atoms with Gasteiger partial charge in [0.15, 0.2) is 0 Å². The third-order valence-corrected chi connectivity index (χ3v) is 5.62. The summed E-state index contributed by atoms with van der Waals surface area (Å²) in [6.07, 6.45) is 4.13. The number of ketones is 1. The Labute approximate surface area is 165 Å². The number of piperidine rings is 1. The van der Waals surface area contributed by atoms with Crippen molar-refractivity contribution >= 4 is 34.0 Å². The first-order chi connectivity index (χ1) is 13.5. The number of anilines is 2. The SMILES string of the molecule is CC1CCN(c2ccc(NC(=O)C(=O)c3cn(C)c4ccccc34)cc2)CC1. The van der Waals surface area contributed by atoms with Gasteiger partial charge in [0, 0.05) is 48.6 Å². The molecule has 0 radical (unpaired) electrons. The fourth-order valence-electron chi connectivity index (χ4n) is 3.86. The number of amides is 1. The van der Waals surface area contributed by atoms with E-state index < -0.39 is 11.7 Å². The number of benzene rings is 2. The lowest BCUT2D eigenvalue weighted by atomic mass is 9.99. The zero-order valence-corrected chi connectivity index (χ0v) is 16.3. The molecule has 1 saturated heterocycles. The summed E-state index contributed by atoms with van der Waals surface area (Å²) in [5.41, 5.74) is 3.14. The number of carbonyl (C=O) groups excluding carboxylic acids is 2. The van der Waals surface area contributed by atoms with E-state index in [-0.39, 0.29) is 0 Å². The van der Waals surface area contributed by atoms with E-state index in [1.807, 2.05) is 60.1 Å². The maximum Gasteiger partial charge on any atom is 0.296 e. The van der Waals surface area contributed by atoms with Crippen molar-refractivity contribution in [1.82, 2.24) is 4.57 Å². The Bertz CT molecular complexity index is 1010. The van der Waals surface area contributed by atoms with Crippen LogP contribution in [0.2, 0.25) is 0 Å². The van der Waals surface area contributed by atoms with Crippen LogP contribution in [0.4, 0.5) is 11.4 Å². The molecule has 5 heteroatoms. The molecule has 144 valence electrons. The maximum absolute atomic E-state index is 12.7. The molecule has 5 nitrogen and oxygen atoms in total. The smallest absolute Gasteiger partial charge is 0.296 e. The van der Waals surface area contributed by atoms with E-state index in [9.17, 15) is 9.59 Å². The van der Waals surface area contributed by atoms with Crippen LogP contribution in [0.5, 0.6) is 0 Å². The van der Waals surface area contributed by atoms with Gasteiger partial charge in [-0.1, -0.05) is 25.1 Å². The standard InChI is InChI=1S/C23H25N3O2/c1-16-11-13-26(14-12-16)18-9-7-17(8-10-18)24-23(28)22(27)20-15-25(2)21-6-4-3-5-19(20)21/h3-10,15-16H,11-14H2,1-2H3,(H,24,28). The lowest BCUT2D eigenvalue weighted by molar-refractivity contribution is -0.112. The molecule has 0 spiro atoms. The molecule has 0 atom stereocenters. The predicted octanol–water partition coefficient (Wildman–Crippen LogP) is 4.24. The minimum Gasteiger partial charge on any atom is -0.372 e. The summed E-state index contributed by atoms with van der Waals surface area (Å²) >= 11 is 0. The minimum atomic E-state index is -0.615. The van der Waals surface area contributed by atoms with E-state index in [4.69, 9.17) is 0 Å². The van der Waals surface area contributed by atoms with Gasteiger partial charge in [0.05, 0.1) is 5.56 Å². The van der Waals surface area contributed by atoms with Gasteiger partial charge in [0.2, 0.25) is 0 Å². The molecule has 1 fully saturated rings. The highest BCUT2D eigenvalue weighted by Crippen LogP contribution is 2.25. The lowest BCUT2D eigenvalue weighted by Crippen LogP contribution is -2.32. The highest BCUT2D eigenvalue weighted by molar-refractivity contribution is 6.48. The molecule has 0 saturated carbocycles. The maximum atomic E-state index is 12.7. The average molecular weight is 375 g/mol. The first kappa shape index (κ1) is 18.3. The summed E-state index contributed by atoms with van der Waals surface area (Å²) in [4.78, 5) is 27.6. The topological polar surface area (TPSA) is 54.3 Å². The highest BCUT2D eigenvalue weighted by Gasteiger charge is 2.21. The molecule has 2 heterocycles. The quantitative estimate of drug-likeness (QED) is 0.548. The van der Waals surface area contributed by atoms with Gasteiger partial charge in [-0.25, -0.2) is 0 Å². The minimum absolute atomic E-state index is 0.426. The van der Waals surface area contributed by atoms with Crippen molar-refractivity contribution < 1.29 is 9.59 Å². The van der Waals surface area contributed by atoms with Crippen LogP contribution < -0.4 is 10.2 Å². The number of carbonyl (C=O) groups is 2. The van der Waals surface area contributed by atoms with Gasteiger partial charge in [-0.15, -0.1) is 0 Å². The number of nitrogens with zero attached hydrogens (tertiary/aromatic N) is 2. The summed E-state index contributed by atoms with van der Waals surface area (Å²) < 4.78 is 1.87. The zero-order valence-electron chi connectivity index (χ0n) is 16.3. The second-order valence-corrected chi connectivity index (χ2v) is 7.67. The van der Waals surface area contributed by atoms with Crippen molar-refractivity contribution in [2.24, 2.45) is 13.0 Å². The fraction of sp³-hybridized carbons (Fsp3) is 0.304. The molecule has 1 aliphatic heterocycles. The van der Waals surface area contributed by atoms with E-state index >= 15 is 0 Å². The van der Waals surface area contributed by atoms with Crippen LogP contribution in [-0.2, 0) is 11.8 Å². The van der Waals surface area contributed by atoms with E-state index in [2.05, 4.69) is 17.1 Å². The van der Waals surface area contributed by atoms with Crippen molar-refractivity contribution in [3.63, 3.8) is 0 Å². The summed E-state index contributed by atoms with van der Waals surface area (Å²) in [6.45, 7) is 4.42. The van der Waals surface area contributed by atoms with Crippen molar-refractivity contribution in [2.45, 2.75) is 19.8 Å². The summed E-state index contributed by atoms with van der Waals surface area (Å²) in [5, 5.41) is 3.53. The Hall–Kier alpha value is -3.08. The van der Waals surface area contributed by atoms with Crippen LogP contribution in [-0.4, -0.2) is 29.3 Å². The van der Waals surface area contributed by atoms with E-state index in [1.165, 1.54) is 12.8 Å². The van der Waals surface area contributed by atoms with Crippen LogP contribution in [0.1, 0.15) is 30.1 Å². The third-order valence-electron chi connectivity index (χ3n) is 5.62. The van der Waals surface area contributed by atoms with Crippen molar-refractivity contribution in [3.8, 4) is 0 Å². The summed E-state index contributed by atoms with van der Waals surface area (Å²) in [6, 6.07) is 15.3. The van der Waals surface area contributed by atoms with Gasteiger partial charge in [0.1, 0.15) is 0 Å². The number of para-hydroxylation sites is 1. The molecule has 2 aromatic carbocycles. The Balaban J connectivity index is 1.46. The molecule has 1 aromatic heterocycles. The largest absolute Gasteiger partial charge is 0.372 e. The first-order valence-electron chi connectivity index (χ1n) is 9.77. The number of rotatable bonds is 4. The molecule has 1 aliphatic rings. The molecule has 0 bridgehead atoms. The Morgan fingerprint density at radius 1 is 1.00 bits per heavy atom. The normalized spacial score (nSPS) is 15.0. The van der Waals surface area contributed by atoms with E-state index in [1.54, 1.807) is 6.20 Å². The van der Waals surface area contributed by atoms with Gasteiger partial charge >= 0.3 is 0 Å². The highest BCUT2D eigenvalue weighted by atomic mass is 16.2. The van der Waals surface area contributed by atoms with Crippen molar-refractivity contribution in [1.29, 1.82) is 0 Å². The number of hydrogen-bond donors (Lipinski definition) is 1. The molecule has 28 heavy (non-hydrogen) atoms. The summed E-state index contributed by atoms with van der Waals surface area (Å²) in [5.74, 6) is -0.350. The number of nitrogens with one attached hydrogen (secondary N) is 1. The third kappa shape index (κ3) is 3.52. The van der Waals surface area contributed by atoms with Crippen LogP contribution in [0.25, 0.3) is 10.9 Å². The number of aromatic nitrogens is 1. The molecular formula is C23H25N3O2. The van der Waals surface area contributed by atoms with Crippen LogP contribution in [0.15, 0.2) is 54.7 Å². The van der Waals surface area contributed by atoms with E-state index in [0.29, 0.717) is 11.3 Å². The Kier molecular flexibility index (Phi) is 4.90. The van der Waals surface area contributed by atoms with Gasteiger partial charge in [-0.05, 0) is 49.1 Å². The fourth-order valence-corrected chi connectivity index (χ4v) is 3.86. The molecule has 3 aromatic rings. The van der Waals surface area contributed by atoms with E-state index in [0.717, 1.165) is 35.6 Å². The van der Waals surface area contributed by atoms with Crippen molar-refractivity contribution in [2.75, 3.05) is 23.3 Å². The zero-order chi connectivity index (χ0) is 19.7. The predicted molar refractivity (Wildman–Crippen MR) is 113 cm³/mol. The van der Waals surface area contributed by atoms with Crippen LogP contribution in [0.3, 0.4) is 0 Å². The Morgan fingerprint density at radius 3 is 2.39 bits per heavy atom. The van der Waals surface area contributed by atoms with Gasteiger partial charge in [-0.2, -0.15) is 0 Å². The van der Waals surface area contributed by atoms with Gasteiger partial charge in [-0.3, -0.25) is 9.59 Å². The second kappa shape index (κ2) is 7.50. The summed E-state index contributed by atoms with van der Waals surface area (Å²) in [7, 11) is 1.87. The lowest BCUT2D eigenvalue weighted by Gasteiger charge is -2.32. The number of fused-ring (bicyclic) bond motifs is 1.